The van der Waals surface area contributed by atoms with Crippen molar-refractivity contribution in [2.75, 3.05) is 5.32 Å². The molecule has 2 heterocycles. The Hall–Kier alpha value is -2.05. The van der Waals surface area contributed by atoms with Gasteiger partial charge in [-0.3, -0.25) is 0 Å². The first-order chi connectivity index (χ1) is 8.86. The Labute approximate surface area is 107 Å². The van der Waals surface area contributed by atoms with Crippen molar-refractivity contribution < 1.29 is 17.6 Å². The number of rotatable bonds is 3. The number of aryl methyl sites for hydroxylation is 1. The summed E-state index contributed by atoms with van der Waals surface area (Å²) < 4.78 is 42.9. The molecule has 0 saturated heterocycles. The molecule has 2 rings (SSSR count). The third kappa shape index (κ3) is 3.24. The Kier molecular flexibility index (Phi) is 3.46. The van der Waals surface area contributed by atoms with E-state index < -0.39 is 11.9 Å². The Morgan fingerprint density at radius 2 is 2.00 bits per heavy atom. The number of nitrogens with zero attached hydrogens (tertiary/aromatic N) is 2. The van der Waals surface area contributed by atoms with E-state index in [9.17, 15) is 13.2 Å². The van der Waals surface area contributed by atoms with E-state index in [1.54, 1.807) is 26.0 Å². The predicted octanol–water partition coefficient (Wildman–Crippen LogP) is 3.57. The highest BCUT2D eigenvalue weighted by atomic mass is 19.4. The van der Waals surface area contributed by atoms with Crippen molar-refractivity contribution in [1.82, 2.24) is 9.97 Å². The van der Waals surface area contributed by atoms with Gasteiger partial charge in [0.15, 0.2) is 0 Å². The lowest BCUT2D eigenvalue weighted by Gasteiger charge is -2.12. The molecule has 2 aromatic rings. The fraction of sp³-hybridized carbons (Fsp3) is 0.333. The lowest BCUT2D eigenvalue weighted by atomic mass is 10.2. The third-order valence-electron chi connectivity index (χ3n) is 2.48. The zero-order valence-electron chi connectivity index (χ0n) is 10.3. The van der Waals surface area contributed by atoms with Crippen molar-refractivity contribution in [1.29, 1.82) is 0 Å². The predicted molar refractivity (Wildman–Crippen MR) is 62.5 cm³/mol. The number of hydrogen-bond donors (Lipinski definition) is 1. The summed E-state index contributed by atoms with van der Waals surface area (Å²) in [5.74, 6) is 1.25. The van der Waals surface area contributed by atoms with Gasteiger partial charge in [-0.2, -0.15) is 13.2 Å². The van der Waals surface area contributed by atoms with Crippen molar-refractivity contribution in [2.45, 2.75) is 26.1 Å². The smallest absolute Gasteiger partial charge is 0.433 e. The third-order valence-corrected chi connectivity index (χ3v) is 2.48. The molecule has 0 aromatic carbocycles. The molecule has 0 aliphatic carbocycles. The summed E-state index contributed by atoms with van der Waals surface area (Å²) in [5, 5.41) is 2.77. The van der Waals surface area contributed by atoms with E-state index in [1.807, 2.05) is 0 Å². The maximum atomic E-state index is 12.5. The Morgan fingerprint density at radius 1 is 1.26 bits per heavy atom. The topological polar surface area (TPSA) is 51.0 Å². The van der Waals surface area contributed by atoms with E-state index in [1.165, 1.54) is 0 Å². The molecule has 19 heavy (non-hydrogen) atoms. The van der Waals surface area contributed by atoms with Gasteiger partial charge in [-0.15, -0.1) is 0 Å². The van der Waals surface area contributed by atoms with Crippen LogP contribution >= 0.6 is 0 Å². The van der Waals surface area contributed by atoms with Crippen LogP contribution in [-0.4, -0.2) is 9.97 Å². The SMILES string of the molecule is Cc1ccc([C@H](C)Nc2nccc(C(F)(F)F)n2)o1. The molecule has 4 nitrogen and oxygen atoms in total. The minimum absolute atomic E-state index is 0.0867. The lowest BCUT2D eigenvalue weighted by molar-refractivity contribution is -0.141. The zero-order valence-corrected chi connectivity index (χ0v) is 10.3. The van der Waals surface area contributed by atoms with Gasteiger partial charge in [0.05, 0.1) is 6.04 Å². The van der Waals surface area contributed by atoms with Crippen LogP contribution in [0.5, 0.6) is 0 Å². The zero-order chi connectivity index (χ0) is 14.0. The summed E-state index contributed by atoms with van der Waals surface area (Å²) in [5.41, 5.74) is -0.979. The molecule has 0 saturated carbocycles. The van der Waals surface area contributed by atoms with E-state index in [0.717, 1.165) is 18.0 Å². The summed E-state index contributed by atoms with van der Waals surface area (Å²) in [7, 11) is 0. The van der Waals surface area contributed by atoms with Crippen molar-refractivity contribution in [3.63, 3.8) is 0 Å². The van der Waals surface area contributed by atoms with Crippen molar-refractivity contribution in [3.8, 4) is 0 Å². The normalized spacial score (nSPS) is 13.3. The molecule has 0 radical (unpaired) electrons. The summed E-state index contributed by atoms with van der Waals surface area (Å²) in [6.07, 6.45) is -3.41. The van der Waals surface area contributed by atoms with Gasteiger partial charge in [-0.05, 0) is 32.0 Å². The quantitative estimate of drug-likeness (QED) is 0.927. The molecule has 0 aliphatic rings. The molecule has 0 unspecified atom stereocenters. The van der Waals surface area contributed by atoms with Gasteiger partial charge in [-0.1, -0.05) is 0 Å². The summed E-state index contributed by atoms with van der Waals surface area (Å²) >= 11 is 0. The Bertz CT molecular complexity index is 565. The number of nitrogens with one attached hydrogen (secondary N) is 1. The summed E-state index contributed by atoms with van der Waals surface area (Å²) in [6.45, 7) is 3.54. The van der Waals surface area contributed by atoms with Crippen LogP contribution in [0.1, 0.15) is 30.2 Å². The van der Waals surface area contributed by atoms with Crippen molar-refractivity contribution in [3.05, 3.63) is 41.6 Å². The van der Waals surface area contributed by atoms with Crippen LogP contribution in [0.25, 0.3) is 0 Å². The second-order valence-corrected chi connectivity index (χ2v) is 4.08. The Morgan fingerprint density at radius 3 is 2.58 bits per heavy atom. The average Bonchev–Trinajstić information content (AvgIpc) is 2.75. The molecule has 0 fully saturated rings. The first kappa shape index (κ1) is 13.4. The molecule has 2 aromatic heterocycles. The second kappa shape index (κ2) is 4.91. The molecular weight excluding hydrogens is 259 g/mol. The average molecular weight is 271 g/mol. The molecule has 102 valence electrons. The number of halogens is 3. The maximum Gasteiger partial charge on any atom is 0.433 e. The minimum atomic E-state index is -4.48. The highest BCUT2D eigenvalue weighted by molar-refractivity contribution is 5.29. The van der Waals surface area contributed by atoms with Crippen LogP contribution in [0.15, 0.2) is 28.8 Å². The molecule has 1 N–H and O–H groups in total. The lowest BCUT2D eigenvalue weighted by Crippen LogP contribution is -2.13. The minimum Gasteiger partial charge on any atom is -0.464 e. The fourth-order valence-corrected chi connectivity index (χ4v) is 1.54. The van der Waals surface area contributed by atoms with E-state index in [-0.39, 0.29) is 12.0 Å². The summed E-state index contributed by atoms with van der Waals surface area (Å²) in [6, 6.07) is 4.03. The van der Waals surface area contributed by atoms with Gasteiger partial charge in [0.25, 0.3) is 0 Å². The molecule has 1 atom stereocenters. The van der Waals surface area contributed by atoms with Gasteiger partial charge >= 0.3 is 6.18 Å². The van der Waals surface area contributed by atoms with Crippen LogP contribution in [0.4, 0.5) is 19.1 Å². The van der Waals surface area contributed by atoms with Crippen LogP contribution < -0.4 is 5.32 Å². The number of furan rings is 1. The second-order valence-electron chi connectivity index (χ2n) is 4.08. The summed E-state index contributed by atoms with van der Waals surface area (Å²) in [4.78, 5) is 7.19. The van der Waals surface area contributed by atoms with Crippen LogP contribution in [-0.2, 0) is 6.18 Å². The number of anilines is 1. The standard InChI is InChI=1S/C12H12F3N3O/c1-7-3-4-9(19-7)8(2)17-11-16-6-5-10(18-11)12(13,14)15/h3-6,8H,1-2H3,(H,16,17,18)/t8-/m0/s1. The fourth-order valence-electron chi connectivity index (χ4n) is 1.54. The molecule has 7 heteroatoms. The molecule has 0 amide bonds. The Balaban J connectivity index is 2.15. The first-order valence-electron chi connectivity index (χ1n) is 5.59. The maximum absolute atomic E-state index is 12.5. The molecule has 0 spiro atoms. The van der Waals surface area contributed by atoms with Crippen LogP contribution in [0.2, 0.25) is 0 Å². The van der Waals surface area contributed by atoms with E-state index in [4.69, 9.17) is 4.42 Å². The van der Waals surface area contributed by atoms with E-state index in [2.05, 4.69) is 15.3 Å². The van der Waals surface area contributed by atoms with Crippen molar-refractivity contribution in [2.24, 2.45) is 0 Å². The number of alkyl halides is 3. The highest BCUT2D eigenvalue weighted by Gasteiger charge is 2.32. The number of aromatic nitrogens is 2. The van der Waals surface area contributed by atoms with E-state index >= 15 is 0 Å². The van der Waals surface area contributed by atoms with Gasteiger partial charge in [0.1, 0.15) is 17.2 Å². The van der Waals surface area contributed by atoms with Gasteiger partial charge in [0, 0.05) is 6.20 Å². The molecular formula is C12H12F3N3O. The van der Waals surface area contributed by atoms with Gasteiger partial charge in [0.2, 0.25) is 5.95 Å². The van der Waals surface area contributed by atoms with Gasteiger partial charge in [-0.25, -0.2) is 9.97 Å². The molecule has 0 bridgehead atoms. The van der Waals surface area contributed by atoms with Crippen LogP contribution in [0.3, 0.4) is 0 Å². The van der Waals surface area contributed by atoms with Crippen molar-refractivity contribution >= 4 is 5.95 Å². The van der Waals surface area contributed by atoms with Gasteiger partial charge < -0.3 is 9.73 Å². The monoisotopic (exact) mass is 271 g/mol. The van der Waals surface area contributed by atoms with Crippen LogP contribution in [0, 0.1) is 6.92 Å². The number of hydrogen-bond acceptors (Lipinski definition) is 4. The highest BCUT2D eigenvalue weighted by Crippen LogP contribution is 2.28. The molecule has 0 aliphatic heterocycles. The van der Waals surface area contributed by atoms with E-state index in [0.29, 0.717) is 5.76 Å². The largest absolute Gasteiger partial charge is 0.464 e. The first-order valence-corrected chi connectivity index (χ1v) is 5.59.